The number of rotatable bonds is 0. The average molecular weight is 250 g/mol. The van der Waals surface area contributed by atoms with E-state index in [1.807, 2.05) is 0 Å². The second-order valence-electron chi connectivity index (χ2n) is 7.98. The van der Waals surface area contributed by atoms with Gasteiger partial charge in [0, 0.05) is 5.92 Å². The molecule has 3 fully saturated rings. The molecule has 3 rings (SSSR count). The summed E-state index contributed by atoms with van der Waals surface area (Å²) in [6, 6.07) is 0. The van der Waals surface area contributed by atoms with Crippen LogP contribution in [-0.2, 0) is 9.53 Å². The minimum Gasteiger partial charge on any atom is -0.459 e. The highest BCUT2D eigenvalue weighted by Gasteiger charge is 2.62. The number of esters is 1. The van der Waals surface area contributed by atoms with Crippen LogP contribution in [0.25, 0.3) is 0 Å². The summed E-state index contributed by atoms with van der Waals surface area (Å²) in [4.78, 5) is 11.8. The second-order valence-corrected chi connectivity index (χ2v) is 7.98. The maximum Gasteiger partial charge on any atom is 0.306 e. The summed E-state index contributed by atoms with van der Waals surface area (Å²) in [7, 11) is 0. The van der Waals surface area contributed by atoms with E-state index in [9.17, 15) is 4.79 Å². The predicted molar refractivity (Wildman–Crippen MR) is 71.1 cm³/mol. The summed E-state index contributed by atoms with van der Waals surface area (Å²) in [5.74, 6) is 1.23. The molecule has 0 amide bonds. The van der Waals surface area contributed by atoms with E-state index >= 15 is 0 Å². The first-order valence-corrected chi connectivity index (χ1v) is 7.50. The Morgan fingerprint density at radius 3 is 2.50 bits per heavy atom. The minimum absolute atomic E-state index is 0.0350. The topological polar surface area (TPSA) is 26.3 Å². The fraction of sp³-hybridized carbons (Fsp3) is 0.938. The average Bonchev–Trinajstić information content (AvgIpc) is 2.53. The quantitative estimate of drug-likeness (QED) is 0.609. The van der Waals surface area contributed by atoms with Crippen molar-refractivity contribution in [3.63, 3.8) is 0 Å². The van der Waals surface area contributed by atoms with Crippen LogP contribution in [0.3, 0.4) is 0 Å². The Balaban J connectivity index is 2.00. The van der Waals surface area contributed by atoms with Crippen molar-refractivity contribution in [1.82, 2.24) is 0 Å². The van der Waals surface area contributed by atoms with Gasteiger partial charge < -0.3 is 4.74 Å². The highest BCUT2D eigenvalue weighted by atomic mass is 16.6. The van der Waals surface area contributed by atoms with Gasteiger partial charge in [-0.2, -0.15) is 0 Å². The molecule has 0 N–H and O–H groups in total. The normalized spacial score (nSPS) is 50.3. The van der Waals surface area contributed by atoms with Crippen LogP contribution < -0.4 is 0 Å². The summed E-state index contributed by atoms with van der Waals surface area (Å²) >= 11 is 0. The number of carbonyl (C=O) groups is 1. The lowest BCUT2D eigenvalue weighted by atomic mass is 9.45. The van der Waals surface area contributed by atoms with Gasteiger partial charge in [-0.1, -0.05) is 27.2 Å². The lowest BCUT2D eigenvalue weighted by Gasteiger charge is -2.59. The second kappa shape index (κ2) is 3.52. The van der Waals surface area contributed by atoms with E-state index in [1.165, 1.54) is 25.7 Å². The van der Waals surface area contributed by atoms with Crippen LogP contribution in [0.5, 0.6) is 0 Å². The fourth-order valence-electron chi connectivity index (χ4n) is 5.65. The van der Waals surface area contributed by atoms with E-state index in [2.05, 4.69) is 27.7 Å². The fourth-order valence-corrected chi connectivity index (χ4v) is 5.65. The molecule has 2 heteroatoms. The predicted octanol–water partition coefficient (Wildman–Crippen LogP) is 3.93. The van der Waals surface area contributed by atoms with Gasteiger partial charge in [-0.25, -0.2) is 0 Å². The highest BCUT2D eigenvalue weighted by Crippen LogP contribution is 2.64. The summed E-state index contributed by atoms with van der Waals surface area (Å²) < 4.78 is 5.70. The first kappa shape index (κ1) is 12.5. The van der Waals surface area contributed by atoms with E-state index < -0.39 is 0 Å². The van der Waals surface area contributed by atoms with Crippen LogP contribution in [0.1, 0.15) is 66.2 Å². The molecule has 2 saturated carbocycles. The van der Waals surface area contributed by atoms with Crippen molar-refractivity contribution in [2.24, 2.45) is 22.7 Å². The molecule has 2 nitrogen and oxygen atoms in total. The Hall–Kier alpha value is -0.530. The van der Waals surface area contributed by atoms with E-state index in [0.717, 1.165) is 12.3 Å². The smallest absolute Gasteiger partial charge is 0.306 e. The van der Waals surface area contributed by atoms with Crippen molar-refractivity contribution in [2.45, 2.75) is 71.8 Å². The van der Waals surface area contributed by atoms with Crippen LogP contribution in [-0.4, -0.2) is 11.6 Å². The molecule has 0 aromatic carbocycles. The molecular weight excluding hydrogens is 224 g/mol. The van der Waals surface area contributed by atoms with Gasteiger partial charge in [0.05, 0.1) is 6.42 Å². The van der Waals surface area contributed by atoms with Gasteiger partial charge >= 0.3 is 5.97 Å². The third-order valence-corrected chi connectivity index (χ3v) is 6.46. The van der Waals surface area contributed by atoms with Crippen molar-refractivity contribution in [3.05, 3.63) is 0 Å². The standard InChI is InChI=1S/C16H26O2/c1-14(2)7-5-8-15(3)11(14)6-9-16(4)12(15)10-13(17)18-16/h11-12H,5-10H2,1-4H3/t11-,12+,15?,16+/m0/s1. The molecule has 0 spiro atoms. The van der Waals surface area contributed by atoms with Gasteiger partial charge in [-0.3, -0.25) is 4.79 Å². The van der Waals surface area contributed by atoms with Crippen molar-refractivity contribution in [3.8, 4) is 0 Å². The number of ether oxygens (including phenoxy) is 1. The molecule has 1 saturated heterocycles. The van der Waals surface area contributed by atoms with Crippen LogP contribution >= 0.6 is 0 Å². The van der Waals surface area contributed by atoms with Crippen molar-refractivity contribution in [1.29, 1.82) is 0 Å². The molecule has 1 heterocycles. The Labute approximate surface area is 110 Å². The molecule has 1 aliphatic heterocycles. The van der Waals surface area contributed by atoms with Gasteiger partial charge in [0.2, 0.25) is 0 Å². The third kappa shape index (κ3) is 1.50. The lowest BCUT2D eigenvalue weighted by Crippen LogP contribution is -2.55. The number of carbonyl (C=O) groups excluding carboxylic acids is 1. The molecule has 102 valence electrons. The van der Waals surface area contributed by atoms with Crippen LogP contribution in [0, 0.1) is 22.7 Å². The van der Waals surface area contributed by atoms with E-state index in [4.69, 9.17) is 4.74 Å². The van der Waals surface area contributed by atoms with Gasteiger partial charge in [-0.15, -0.1) is 0 Å². The molecule has 0 aromatic rings. The summed E-state index contributed by atoms with van der Waals surface area (Å²) in [6.45, 7) is 9.46. The van der Waals surface area contributed by atoms with Crippen molar-refractivity contribution < 1.29 is 9.53 Å². The zero-order valence-electron chi connectivity index (χ0n) is 12.2. The first-order valence-electron chi connectivity index (χ1n) is 7.50. The van der Waals surface area contributed by atoms with E-state index in [1.54, 1.807) is 0 Å². The molecule has 0 aromatic heterocycles. The van der Waals surface area contributed by atoms with E-state index in [-0.39, 0.29) is 11.6 Å². The molecule has 4 atom stereocenters. The third-order valence-electron chi connectivity index (χ3n) is 6.46. The summed E-state index contributed by atoms with van der Waals surface area (Å²) in [5, 5.41) is 0. The maximum absolute atomic E-state index is 11.8. The van der Waals surface area contributed by atoms with Crippen LogP contribution in [0.4, 0.5) is 0 Å². The van der Waals surface area contributed by atoms with Gasteiger partial charge in [0.25, 0.3) is 0 Å². The molecular formula is C16H26O2. The maximum atomic E-state index is 11.8. The Bertz CT molecular complexity index is 387. The minimum atomic E-state index is -0.171. The molecule has 0 radical (unpaired) electrons. The largest absolute Gasteiger partial charge is 0.459 e. The number of hydrogen-bond acceptors (Lipinski definition) is 2. The molecule has 1 unspecified atom stereocenters. The number of hydrogen-bond donors (Lipinski definition) is 0. The van der Waals surface area contributed by atoms with Crippen molar-refractivity contribution >= 4 is 5.97 Å². The Kier molecular flexibility index (Phi) is 2.44. The molecule has 3 aliphatic rings. The molecule has 2 aliphatic carbocycles. The zero-order valence-corrected chi connectivity index (χ0v) is 12.2. The van der Waals surface area contributed by atoms with Gasteiger partial charge in [0.1, 0.15) is 5.60 Å². The summed E-state index contributed by atoms with van der Waals surface area (Å²) in [5.41, 5.74) is 0.566. The SMILES string of the molecule is CC1(C)CCCC2(C)[C@H]3CC(=O)O[C@]3(C)CC[C@@H]12. The van der Waals surface area contributed by atoms with Gasteiger partial charge in [0.15, 0.2) is 0 Å². The monoisotopic (exact) mass is 250 g/mol. The van der Waals surface area contributed by atoms with E-state index in [0.29, 0.717) is 23.2 Å². The molecule has 0 bridgehead atoms. The lowest BCUT2D eigenvalue weighted by molar-refractivity contribution is -0.164. The van der Waals surface area contributed by atoms with Crippen LogP contribution in [0.2, 0.25) is 0 Å². The highest BCUT2D eigenvalue weighted by molar-refractivity contribution is 5.73. The first-order chi connectivity index (χ1) is 8.28. The molecule has 18 heavy (non-hydrogen) atoms. The zero-order chi connectivity index (χ0) is 13.2. The van der Waals surface area contributed by atoms with Crippen molar-refractivity contribution in [2.75, 3.05) is 0 Å². The summed E-state index contributed by atoms with van der Waals surface area (Å²) in [6.07, 6.45) is 6.86. The number of fused-ring (bicyclic) bond motifs is 3. The van der Waals surface area contributed by atoms with Gasteiger partial charge in [-0.05, 0) is 49.4 Å². The van der Waals surface area contributed by atoms with Crippen LogP contribution in [0.15, 0.2) is 0 Å². The Morgan fingerprint density at radius 2 is 1.78 bits per heavy atom. The Morgan fingerprint density at radius 1 is 1.06 bits per heavy atom.